The molecule has 180 valence electrons. The maximum Gasteiger partial charge on any atom is 0.407 e. The average Bonchev–Trinajstić information content (AvgIpc) is 3.16. The molecule has 0 aliphatic carbocycles. The van der Waals surface area contributed by atoms with E-state index in [1.165, 1.54) is 28.8 Å². The van der Waals surface area contributed by atoms with Gasteiger partial charge in [0.2, 0.25) is 0 Å². The number of imidazole rings is 1. The molecule has 1 aliphatic rings. The Morgan fingerprint density at radius 1 is 1.14 bits per heavy atom. The SMILES string of the molecule is O=C(O)N1CCOC(Cc2c(-c3c(F)cc(Sc4ccccc4)cc3F)nc3cc(Cl)ccn23)C1. The fourth-order valence-corrected chi connectivity index (χ4v) is 5.20. The second-order valence-electron chi connectivity index (χ2n) is 8.08. The maximum atomic E-state index is 15.4. The summed E-state index contributed by atoms with van der Waals surface area (Å²) in [7, 11) is 0. The summed E-state index contributed by atoms with van der Waals surface area (Å²) in [5, 5.41) is 9.79. The summed E-state index contributed by atoms with van der Waals surface area (Å²) in [4.78, 5) is 18.5. The molecule has 1 atom stereocenters. The number of hydrogen-bond donors (Lipinski definition) is 1. The van der Waals surface area contributed by atoms with E-state index in [1.54, 1.807) is 22.7 Å². The van der Waals surface area contributed by atoms with Crippen LogP contribution in [-0.4, -0.2) is 51.3 Å². The van der Waals surface area contributed by atoms with Crippen molar-refractivity contribution in [1.82, 2.24) is 14.3 Å². The third-order valence-electron chi connectivity index (χ3n) is 5.75. The van der Waals surface area contributed by atoms with E-state index in [0.717, 1.165) is 4.90 Å². The Hall–Kier alpha value is -3.14. The van der Waals surface area contributed by atoms with Gasteiger partial charge < -0.3 is 19.1 Å². The van der Waals surface area contributed by atoms with E-state index >= 15 is 8.78 Å². The third kappa shape index (κ3) is 4.98. The normalized spacial score (nSPS) is 16.1. The average molecular weight is 516 g/mol. The number of amides is 1. The first-order chi connectivity index (χ1) is 16.9. The van der Waals surface area contributed by atoms with E-state index in [0.29, 0.717) is 21.3 Å². The number of aromatic nitrogens is 2. The minimum Gasteiger partial charge on any atom is -0.465 e. The number of fused-ring (bicyclic) bond motifs is 1. The molecule has 3 heterocycles. The van der Waals surface area contributed by atoms with Gasteiger partial charge in [-0.1, -0.05) is 41.6 Å². The van der Waals surface area contributed by atoms with Crippen LogP contribution in [0.1, 0.15) is 5.69 Å². The van der Waals surface area contributed by atoms with Crippen LogP contribution in [0.25, 0.3) is 16.9 Å². The first-order valence-electron chi connectivity index (χ1n) is 10.9. The number of hydrogen-bond acceptors (Lipinski definition) is 4. The van der Waals surface area contributed by atoms with Gasteiger partial charge in [-0.05, 0) is 30.3 Å². The summed E-state index contributed by atoms with van der Waals surface area (Å²) in [6.07, 6.45) is 0.359. The van der Waals surface area contributed by atoms with Crippen molar-refractivity contribution in [2.75, 3.05) is 19.7 Å². The van der Waals surface area contributed by atoms with Gasteiger partial charge in [0.05, 0.1) is 36.2 Å². The van der Waals surface area contributed by atoms with Crippen molar-refractivity contribution in [1.29, 1.82) is 0 Å². The molecule has 1 amide bonds. The van der Waals surface area contributed by atoms with Crippen LogP contribution in [0.4, 0.5) is 13.6 Å². The zero-order valence-corrected chi connectivity index (χ0v) is 19.9. The summed E-state index contributed by atoms with van der Waals surface area (Å²) < 4.78 is 38.3. The highest BCUT2D eigenvalue weighted by Crippen LogP contribution is 2.36. The fraction of sp³-hybridized carbons (Fsp3) is 0.200. The molecule has 0 saturated carbocycles. The molecule has 1 aliphatic heterocycles. The Morgan fingerprint density at radius 2 is 1.89 bits per heavy atom. The molecule has 5 rings (SSSR count). The van der Waals surface area contributed by atoms with Crippen LogP contribution in [-0.2, 0) is 11.2 Å². The number of morpholine rings is 1. The number of carboxylic acid groups (broad SMARTS) is 1. The molecule has 10 heteroatoms. The van der Waals surface area contributed by atoms with Gasteiger partial charge in [0, 0.05) is 40.0 Å². The van der Waals surface area contributed by atoms with Crippen LogP contribution < -0.4 is 0 Å². The van der Waals surface area contributed by atoms with E-state index in [1.807, 2.05) is 30.3 Å². The molecule has 0 bridgehead atoms. The molecule has 1 saturated heterocycles. The number of rotatable bonds is 5. The maximum absolute atomic E-state index is 15.4. The summed E-state index contributed by atoms with van der Waals surface area (Å²) in [5.41, 5.74) is 0.822. The Morgan fingerprint density at radius 3 is 2.60 bits per heavy atom. The number of nitrogens with zero attached hydrogens (tertiary/aromatic N) is 3. The van der Waals surface area contributed by atoms with Crippen molar-refractivity contribution in [3.05, 3.63) is 83.1 Å². The molecule has 1 N–H and O–H groups in total. The minimum atomic E-state index is -1.04. The number of pyridine rings is 1. The van der Waals surface area contributed by atoms with Gasteiger partial charge in [0.25, 0.3) is 0 Å². The molecule has 6 nitrogen and oxygen atoms in total. The predicted octanol–water partition coefficient (Wildman–Crippen LogP) is 6.01. The predicted molar refractivity (Wildman–Crippen MR) is 129 cm³/mol. The van der Waals surface area contributed by atoms with E-state index in [2.05, 4.69) is 4.98 Å². The van der Waals surface area contributed by atoms with Gasteiger partial charge in [-0.25, -0.2) is 18.6 Å². The molecule has 2 aromatic heterocycles. The largest absolute Gasteiger partial charge is 0.465 e. The molecule has 4 aromatic rings. The lowest BCUT2D eigenvalue weighted by atomic mass is 10.0. The zero-order chi connectivity index (χ0) is 24.5. The van der Waals surface area contributed by atoms with Crippen LogP contribution in [0.5, 0.6) is 0 Å². The van der Waals surface area contributed by atoms with Gasteiger partial charge in [0.15, 0.2) is 0 Å². The summed E-state index contributed by atoms with van der Waals surface area (Å²) in [6.45, 7) is 0.654. The zero-order valence-electron chi connectivity index (χ0n) is 18.3. The molecular weight excluding hydrogens is 496 g/mol. The first-order valence-corrected chi connectivity index (χ1v) is 12.1. The second kappa shape index (κ2) is 9.85. The van der Waals surface area contributed by atoms with Gasteiger partial charge in [-0.15, -0.1) is 0 Å². The fourth-order valence-electron chi connectivity index (χ4n) is 4.16. The van der Waals surface area contributed by atoms with Crippen molar-refractivity contribution in [3.63, 3.8) is 0 Å². The molecule has 1 fully saturated rings. The highest BCUT2D eigenvalue weighted by atomic mass is 35.5. The standard InChI is InChI=1S/C25H20ClF2N3O3S/c26-15-6-7-31-21(11-16-14-30(25(32)33)8-9-34-16)24(29-22(31)10-15)23-19(27)12-18(13-20(23)28)35-17-4-2-1-3-5-17/h1-7,10,12-13,16H,8-9,11,14H2,(H,32,33). The van der Waals surface area contributed by atoms with Gasteiger partial charge >= 0.3 is 6.09 Å². The molecular formula is C25H20ClF2N3O3S. The topological polar surface area (TPSA) is 67.1 Å². The van der Waals surface area contributed by atoms with Crippen LogP contribution in [0, 0.1) is 11.6 Å². The summed E-state index contributed by atoms with van der Waals surface area (Å²) in [6, 6.07) is 15.2. The highest BCUT2D eigenvalue weighted by molar-refractivity contribution is 7.99. The lowest BCUT2D eigenvalue weighted by molar-refractivity contribution is -0.0214. The van der Waals surface area contributed by atoms with Crippen LogP contribution in [0.3, 0.4) is 0 Å². The lowest BCUT2D eigenvalue weighted by Gasteiger charge is -2.31. The molecule has 0 radical (unpaired) electrons. The Bertz CT molecular complexity index is 1380. The quantitative estimate of drug-likeness (QED) is 0.353. The summed E-state index contributed by atoms with van der Waals surface area (Å²) >= 11 is 7.39. The van der Waals surface area contributed by atoms with E-state index < -0.39 is 23.8 Å². The van der Waals surface area contributed by atoms with Gasteiger partial charge in [-0.2, -0.15) is 0 Å². The van der Waals surface area contributed by atoms with Crippen molar-refractivity contribution >= 4 is 35.1 Å². The minimum absolute atomic E-state index is 0.134. The Kier molecular flexibility index (Phi) is 6.64. The van der Waals surface area contributed by atoms with E-state index in [4.69, 9.17) is 16.3 Å². The smallest absolute Gasteiger partial charge is 0.407 e. The summed E-state index contributed by atoms with van der Waals surface area (Å²) in [5.74, 6) is -1.48. The molecule has 35 heavy (non-hydrogen) atoms. The van der Waals surface area contributed by atoms with Crippen molar-refractivity contribution in [2.45, 2.75) is 22.3 Å². The molecule has 0 spiro atoms. The molecule has 1 unspecified atom stereocenters. The van der Waals surface area contributed by atoms with Crippen molar-refractivity contribution in [3.8, 4) is 11.3 Å². The molecule has 2 aromatic carbocycles. The number of ether oxygens (including phenoxy) is 1. The Labute approximate surface area is 209 Å². The van der Waals surface area contributed by atoms with Crippen LogP contribution in [0.15, 0.2) is 70.6 Å². The van der Waals surface area contributed by atoms with Crippen LogP contribution in [0.2, 0.25) is 5.02 Å². The Balaban J connectivity index is 1.55. The van der Waals surface area contributed by atoms with E-state index in [9.17, 15) is 9.90 Å². The van der Waals surface area contributed by atoms with E-state index in [-0.39, 0.29) is 37.4 Å². The number of benzene rings is 2. The van der Waals surface area contributed by atoms with Crippen LogP contribution >= 0.6 is 23.4 Å². The highest BCUT2D eigenvalue weighted by Gasteiger charge is 2.28. The van der Waals surface area contributed by atoms with Gasteiger partial charge in [0.1, 0.15) is 17.3 Å². The van der Waals surface area contributed by atoms with Gasteiger partial charge in [-0.3, -0.25) is 0 Å². The first kappa shape index (κ1) is 23.6. The van der Waals surface area contributed by atoms with Crippen molar-refractivity contribution < 1.29 is 23.4 Å². The number of carbonyl (C=O) groups is 1. The lowest BCUT2D eigenvalue weighted by Crippen LogP contribution is -2.45. The monoisotopic (exact) mass is 515 g/mol. The van der Waals surface area contributed by atoms with Crippen molar-refractivity contribution in [2.24, 2.45) is 0 Å². The number of halogens is 3. The second-order valence-corrected chi connectivity index (χ2v) is 9.67. The third-order valence-corrected chi connectivity index (χ3v) is 6.96.